The SMILES string of the molecule is Cc1ccc2c(c1)-c1c(s[s+]c1SC(=O)C(C)C)C(C)(C)N2.[Cl-]. The van der Waals surface area contributed by atoms with Crippen molar-refractivity contribution >= 4 is 43.2 Å². The predicted octanol–water partition coefficient (Wildman–Crippen LogP) is 3.01. The predicted molar refractivity (Wildman–Crippen MR) is 99.1 cm³/mol. The average Bonchev–Trinajstić information content (AvgIpc) is 2.84. The Morgan fingerprint density at radius 3 is 2.70 bits per heavy atom. The maximum atomic E-state index is 12.2. The lowest BCUT2D eigenvalue weighted by atomic mass is 9.89. The number of anilines is 1. The van der Waals surface area contributed by atoms with Crippen LogP contribution in [0.5, 0.6) is 0 Å². The fourth-order valence-corrected chi connectivity index (χ4v) is 7.02. The summed E-state index contributed by atoms with van der Waals surface area (Å²) in [4.78, 5) is 13.5. The standard InChI is InChI=1S/C17H20NOS3.ClH/c1-9(2)15(19)20-16-13-11-8-10(3)6-7-12(11)18-17(4,5)14(13)21-22-16;/h6-9,18H,1-5H3;1H/q+1;/p-1. The summed E-state index contributed by atoms with van der Waals surface area (Å²) >= 11 is 1.41. The minimum atomic E-state index is -0.0988. The molecule has 0 atom stereocenters. The van der Waals surface area contributed by atoms with E-state index in [4.69, 9.17) is 0 Å². The van der Waals surface area contributed by atoms with E-state index in [0.717, 1.165) is 9.90 Å². The Hall–Kier alpha value is -0.620. The number of benzene rings is 1. The van der Waals surface area contributed by atoms with Gasteiger partial charge in [0.15, 0.2) is 10.3 Å². The highest BCUT2D eigenvalue weighted by Crippen LogP contribution is 2.53. The smallest absolute Gasteiger partial charge is 0.309 e. The van der Waals surface area contributed by atoms with Gasteiger partial charge in [0.25, 0.3) is 4.21 Å². The number of fused-ring (bicyclic) bond motifs is 3. The van der Waals surface area contributed by atoms with Crippen molar-refractivity contribution in [2.75, 3.05) is 5.32 Å². The number of hydrogen-bond acceptors (Lipinski definition) is 4. The number of thioether (sulfide) groups is 1. The first-order valence-electron chi connectivity index (χ1n) is 7.37. The first kappa shape index (κ1) is 18.7. The van der Waals surface area contributed by atoms with Gasteiger partial charge in [0.2, 0.25) is 5.12 Å². The number of hydrogen-bond donors (Lipinski definition) is 1. The summed E-state index contributed by atoms with van der Waals surface area (Å²) in [5, 5.41) is 3.87. The second-order valence-corrected chi connectivity index (χ2v) is 9.96. The fourth-order valence-electron chi connectivity index (χ4n) is 2.55. The second-order valence-electron chi connectivity index (χ2n) is 6.53. The van der Waals surface area contributed by atoms with Crippen molar-refractivity contribution in [1.29, 1.82) is 0 Å². The van der Waals surface area contributed by atoms with Crippen molar-refractivity contribution in [2.45, 2.75) is 44.4 Å². The molecule has 2 nitrogen and oxygen atoms in total. The Morgan fingerprint density at radius 2 is 2.04 bits per heavy atom. The lowest BCUT2D eigenvalue weighted by molar-refractivity contribution is -0.113. The topological polar surface area (TPSA) is 29.1 Å². The number of carbonyl (C=O) groups excluding carboxylic acids is 1. The van der Waals surface area contributed by atoms with Crippen molar-refractivity contribution in [3.63, 3.8) is 0 Å². The zero-order chi connectivity index (χ0) is 16.1. The highest BCUT2D eigenvalue weighted by molar-refractivity contribution is 8.16. The maximum absolute atomic E-state index is 12.2. The third-order valence-corrected chi connectivity index (χ3v) is 8.20. The van der Waals surface area contributed by atoms with Crippen LogP contribution < -0.4 is 17.7 Å². The van der Waals surface area contributed by atoms with E-state index in [1.54, 1.807) is 20.7 Å². The van der Waals surface area contributed by atoms with E-state index in [9.17, 15) is 4.79 Å². The Kier molecular flexibility index (Phi) is 5.46. The van der Waals surface area contributed by atoms with Crippen LogP contribution in [-0.2, 0) is 10.3 Å². The number of carbonyl (C=O) groups is 1. The van der Waals surface area contributed by atoms with Gasteiger partial charge in [-0.3, -0.25) is 4.79 Å². The summed E-state index contributed by atoms with van der Waals surface area (Å²) in [6.45, 7) is 10.4. The molecule has 1 aromatic carbocycles. The minimum Gasteiger partial charge on any atom is -1.00 e. The largest absolute Gasteiger partial charge is 1.00 e. The third-order valence-electron chi connectivity index (χ3n) is 3.76. The molecule has 3 rings (SSSR count). The van der Waals surface area contributed by atoms with Crippen LogP contribution in [0.4, 0.5) is 5.69 Å². The molecule has 0 amide bonds. The van der Waals surface area contributed by atoms with Crippen LogP contribution >= 0.6 is 32.4 Å². The van der Waals surface area contributed by atoms with Crippen LogP contribution in [0.2, 0.25) is 0 Å². The molecule has 1 aliphatic rings. The summed E-state index contributed by atoms with van der Waals surface area (Å²) in [6, 6.07) is 6.50. The van der Waals surface area contributed by atoms with Gasteiger partial charge in [0, 0.05) is 28.9 Å². The lowest BCUT2D eigenvalue weighted by Gasteiger charge is -2.32. The zero-order valence-electron chi connectivity index (χ0n) is 13.8. The van der Waals surface area contributed by atoms with Gasteiger partial charge in [0.05, 0.1) is 11.1 Å². The monoisotopic (exact) mass is 385 g/mol. The van der Waals surface area contributed by atoms with E-state index in [2.05, 4.69) is 44.3 Å². The number of nitrogens with one attached hydrogen (secondary N) is 1. The Balaban J connectivity index is 0.00000192. The molecule has 1 aliphatic heterocycles. The van der Waals surface area contributed by atoms with E-state index in [-0.39, 0.29) is 29.0 Å². The summed E-state index contributed by atoms with van der Waals surface area (Å²) in [5.74, 6) is 0.0551. The summed E-state index contributed by atoms with van der Waals surface area (Å²) < 4.78 is 1.14. The van der Waals surface area contributed by atoms with E-state index >= 15 is 0 Å². The van der Waals surface area contributed by atoms with Gasteiger partial charge in [-0.2, -0.15) is 0 Å². The first-order valence-corrected chi connectivity index (χ1v) is 10.3. The molecule has 23 heavy (non-hydrogen) atoms. The van der Waals surface area contributed by atoms with Crippen LogP contribution in [0.3, 0.4) is 0 Å². The minimum absolute atomic E-state index is 0. The molecule has 124 valence electrons. The Bertz CT molecular complexity index is 752. The molecule has 2 aromatic rings. The van der Waals surface area contributed by atoms with Crippen LogP contribution in [0, 0.1) is 12.8 Å². The third kappa shape index (κ3) is 3.43. The number of aryl methyl sites for hydroxylation is 1. The summed E-state index contributed by atoms with van der Waals surface area (Å²) in [6.07, 6.45) is 0. The van der Waals surface area contributed by atoms with Crippen molar-refractivity contribution in [2.24, 2.45) is 5.92 Å². The molecule has 0 saturated heterocycles. The second kappa shape index (κ2) is 6.71. The van der Waals surface area contributed by atoms with Crippen LogP contribution in [0.25, 0.3) is 11.1 Å². The molecular weight excluding hydrogens is 366 g/mol. The molecule has 1 N–H and O–H groups in total. The van der Waals surface area contributed by atoms with Gasteiger partial charge in [-0.05, 0) is 32.9 Å². The molecule has 1 aromatic heterocycles. The Morgan fingerprint density at radius 1 is 1.35 bits per heavy atom. The molecular formula is C17H20ClNOS3. The van der Waals surface area contributed by atoms with E-state index in [1.165, 1.54) is 33.3 Å². The molecule has 0 radical (unpaired) electrons. The molecule has 0 bridgehead atoms. The van der Waals surface area contributed by atoms with E-state index in [0.29, 0.717) is 0 Å². The number of halogens is 1. The molecule has 0 unspecified atom stereocenters. The molecule has 0 spiro atoms. The van der Waals surface area contributed by atoms with Crippen molar-refractivity contribution < 1.29 is 17.2 Å². The van der Waals surface area contributed by atoms with E-state index in [1.807, 2.05) is 13.8 Å². The van der Waals surface area contributed by atoms with Crippen molar-refractivity contribution in [1.82, 2.24) is 0 Å². The highest BCUT2D eigenvalue weighted by Gasteiger charge is 2.40. The highest BCUT2D eigenvalue weighted by atomic mass is 35.5. The lowest BCUT2D eigenvalue weighted by Crippen LogP contribution is -3.00. The molecule has 0 aliphatic carbocycles. The Labute approximate surface area is 155 Å². The molecule has 2 heterocycles. The quantitative estimate of drug-likeness (QED) is 0.489. The zero-order valence-corrected chi connectivity index (χ0v) is 17.0. The van der Waals surface area contributed by atoms with Gasteiger partial charge >= 0.3 is 10.3 Å². The maximum Gasteiger partial charge on any atom is 0.309 e. The normalized spacial score (nSPS) is 14.5. The molecule has 6 heteroatoms. The average molecular weight is 386 g/mol. The van der Waals surface area contributed by atoms with Crippen molar-refractivity contribution in [3.05, 3.63) is 28.6 Å². The summed E-state index contributed by atoms with van der Waals surface area (Å²) in [5.41, 5.74) is 4.79. The first-order chi connectivity index (χ1) is 10.3. The van der Waals surface area contributed by atoms with Crippen molar-refractivity contribution in [3.8, 4) is 11.1 Å². The van der Waals surface area contributed by atoms with Gasteiger partial charge < -0.3 is 17.7 Å². The van der Waals surface area contributed by atoms with Crippen LogP contribution in [0.15, 0.2) is 22.4 Å². The van der Waals surface area contributed by atoms with Gasteiger partial charge in [-0.25, -0.2) is 0 Å². The van der Waals surface area contributed by atoms with Gasteiger partial charge in [-0.1, -0.05) is 25.5 Å². The van der Waals surface area contributed by atoms with Gasteiger partial charge in [0.1, 0.15) is 4.88 Å². The van der Waals surface area contributed by atoms with E-state index < -0.39 is 0 Å². The van der Waals surface area contributed by atoms with Crippen LogP contribution in [-0.4, -0.2) is 5.12 Å². The molecule has 0 fully saturated rings. The van der Waals surface area contributed by atoms with Crippen LogP contribution in [0.1, 0.15) is 38.1 Å². The summed E-state index contributed by atoms with van der Waals surface area (Å²) in [7, 11) is 3.51. The molecule has 0 saturated carbocycles. The fraction of sp³-hybridized carbons (Fsp3) is 0.412. The number of rotatable bonds is 2. The van der Waals surface area contributed by atoms with Gasteiger partial charge in [-0.15, -0.1) is 0 Å².